The lowest BCUT2D eigenvalue weighted by atomic mass is 10.2. The first-order chi connectivity index (χ1) is 11.6. The van der Waals surface area contributed by atoms with Gasteiger partial charge in [-0.3, -0.25) is 9.59 Å². The molecule has 126 valence electrons. The smallest absolute Gasteiger partial charge is 0.266 e. The highest BCUT2D eigenvalue weighted by Crippen LogP contribution is 2.25. The molecule has 1 aromatic heterocycles. The van der Waals surface area contributed by atoms with Gasteiger partial charge in [-0.25, -0.2) is 4.98 Å². The van der Waals surface area contributed by atoms with Crippen molar-refractivity contribution in [2.75, 3.05) is 36.4 Å². The average molecular weight is 344 g/mol. The van der Waals surface area contributed by atoms with E-state index in [0.717, 1.165) is 17.4 Å². The summed E-state index contributed by atoms with van der Waals surface area (Å²) in [5.74, 6) is -0.176. The molecule has 2 amide bonds. The predicted molar refractivity (Wildman–Crippen MR) is 95.7 cm³/mol. The van der Waals surface area contributed by atoms with Crippen molar-refractivity contribution in [3.05, 3.63) is 40.9 Å². The van der Waals surface area contributed by atoms with Crippen LogP contribution in [0, 0.1) is 6.92 Å². The first kappa shape index (κ1) is 16.4. The normalized spacial score (nSPS) is 14.8. The minimum Gasteiger partial charge on any atom is -0.362 e. The largest absolute Gasteiger partial charge is 0.362 e. The number of carbonyl (C=O) groups excluding carboxylic acids is 2. The average Bonchev–Trinajstić information content (AvgIpc) is 2.95. The first-order valence-electron chi connectivity index (χ1n) is 7.96. The Kier molecular flexibility index (Phi) is 4.80. The van der Waals surface area contributed by atoms with Gasteiger partial charge in [-0.15, -0.1) is 0 Å². The van der Waals surface area contributed by atoms with Crippen molar-refractivity contribution in [3.63, 3.8) is 0 Å². The van der Waals surface area contributed by atoms with Gasteiger partial charge in [-0.1, -0.05) is 29.5 Å². The van der Waals surface area contributed by atoms with Gasteiger partial charge in [0.1, 0.15) is 11.4 Å². The van der Waals surface area contributed by atoms with Crippen LogP contribution in [0.15, 0.2) is 30.3 Å². The molecule has 7 heteroatoms. The van der Waals surface area contributed by atoms with Crippen LogP contribution in [-0.2, 0) is 4.79 Å². The van der Waals surface area contributed by atoms with Gasteiger partial charge in [0.05, 0.1) is 5.69 Å². The molecule has 1 aliphatic heterocycles. The summed E-state index contributed by atoms with van der Waals surface area (Å²) >= 11 is 1.35. The lowest BCUT2D eigenvalue weighted by Gasteiger charge is -2.34. The Morgan fingerprint density at radius 3 is 2.71 bits per heavy atom. The Morgan fingerprint density at radius 2 is 2.04 bits per heavy atom. The number of hydrogen-bond donors (Lipinski definition) is 1. The van der Waals surface area contributed by atoms with Gasteiger partial charge in [0.2, 0.25) is 5.91 Å². The molecule has 2 aromatic rings. The number of nitrogens with zero attached hydrogens (tertiary/aromatic N) is 3. The molecule has 0 atom stereocenters. The van der Waals surface area contributed by atoms with E-state index in [1.165, 1.54) is 11.3 Å². The molecule has 6 nitrogen and oxygen atoms in total. The molecule has 1 N–H and O–H groups in total. The van der Waals surface area contributed by atoms with E-state index < -0.39 is 0 Å². The van der Waals surface area contributed by atoms with Crippen LogP contribution in [0.4, 0.5) is 10.8 Å². The van der Waals surface area contributed by atoms with E-state index in [2.05, 4.69) is 10.3 Å². The summed E-state index contributed by atoms with van der Waals surface area (Å²) in [6.07, 6.45) is 0. The molecule has 0 bridgehead atoms. The summed E-state index contributed by atoms with van der Waals surface area (Å²) < 4.78 is 0. The molecule has 24 heavy (non-hydrogen) atoms. The fraction of sp³-hybridized carbons (Fsp3) is 0.353. The monoisotopic (exact) mass is 344 g/mol. The van der Waals surface area contributed by atoms with Crippen LogP contribution >= 0.6 is 11.3 Å². The van der Waals surface area contributed by atoms with Gasteiger partial charge in [0, 0.05) is 25.3 Å². The number of piperazine rings is 1. The molecule has 1 aliphatic rings. The number of aryl methyl sites for hydroxylation is 1. The maximum Gasteiger partial charge on any atom is 0.266 e. The van der Waals surface area contributed by atoms with Crippen LogP contribution < -0.4 is 10.2 Å². The van der Waals surface area contributed by atoms with Gasteiger partial charge >= 0.3 is 0 Å². The molecular formula is C17H20N4O2S. The number of anilines is 2. The van der Waals surface area contributed by atoms with Crippen LogP contribution in [-0.4, -0.2) is 47.9 Å². The molecule has 0 spiro atoms. The number of amides is 2. The highest BCUT2D eigenvalue weighted by Gasteiger charge is 2.30. The van der Waals surface area contributed by atoms with E-state index in [9.17, 15) is 9.59 Å². The van der Waals surface area contributed by atoms with Crippen LogP contribution in [0.3, 0.4) is 0 Å². The molecule has 0 aliphatic carbocycles. The second-order valence-electron chi connectivity index (χ2n) is 5.57. The third kappa shape index (κ3) is 3.26. The van der Waals surface area contributed by atoms with Crippen molar-refractivity contribution in [2.45, 2.75) is 13.8 Å². The van der Waals surface area contributed by atoms with Gasteiger partial charge < -0.3 is 15.1 Å². The number of aromatic nitrogens is 1. The molecule has 2 heterocycles. The minimum absolute atomic E-state index is 0.0603. The van der Waals surface area contributed by atoms with Crippen LogP contribution in [0.25, 0.3) is 0 Å². The topological polar surface area (TPSA) is 65.5 Å². The SMILES string of the molecule is CCNc1nc(C)c(C(=O)N2CCN(c3ccccc3)C(=O)C2)s1. The third-order valence-electron chi connectivity index (χ3n) is 3.89. The molecule has 3 rings (SSSR count). The zero-order valence-corrected chi connectivity index (χ0v) is 14.6. The van der Waals surface area contributed by atoms with Crippen molar-refractivity contribution in [2.24, 2.45) is 0 Å². The Labute approximate surface area is 145 Å². The Morgan fingerprint density at radius 1 is 1.29 bits per heavy atom. The zero-order chi connectivity index (χ0) is 17.1. The number of benzene rings is 1. The van der Waals surface area contributed by atoms with Crippen molar-refractivity contribution in [1.82, 2.24) is 9.88 Å². The summed E-state index contributed by atoms with van der Waals surface area (Å²) in [5, 5.41) is 3.87. The van der Waals surface area contributed by atoms with Gasteiger partial charge in [-0.05, 0) is 26.0 Å². The first-order valence-corrected chi connectivity index (χ1v) is 8.77. The maximum absolute atomic E-state index is 12.7. The minimum atomic E-state index is -0.116. The molecule has 1 aromatic carbocycles. The fourth-order valence-electron chi connectivity index (χ4n) is 2.69. The molecular weight excluding hydrogens is 324 g/mol. The van der Waals surface area contributed by atoms with E-state index in [-0.39, 0.29) is 18.4 Å². The highest BCUT2D eigenvalue weighted by molar-refractivity contribution is 7.17. The fourth-order valence-corrected chi connectivity index (χ4v) is 3.69. The number of hydrogen-bond acceptors (Lipinski definition) is 5. The number of nitrogens with one attached hydrogen (secondary N) is 1. The van der Waals surface area contributed by atoms with E-state index in [1.54, 1.807) is 9.80 Å². The van der Waals surface area contributed by atoms with E-state index in [4.69, 9.17) is 0 Å². The highest BCUT2D eigenvalue weighted by atomic mass is 32.1. The van der Waals surface area contributed by atoms with Gasteiger partial charge in [0.25, 0.3) is 5.91 Å². The number of thiazole rings is 1. The van der Waals surface area contributed by atoms with Crippen molar-refractivity contribution in [1.29, 1.82) is 0 Å². The molecule has 0 saturated carbocycles. The van der Waals surface area contributed by atoms with Gasteiger partial charge in [-0.2, -0.15) is 0 Å². The number of para-hydroxylation sites is 1. The summed E-state index contributed by atoms with van der Waals surface area (Å²) in [7, 11) is 0. The van der Waals surface area contributed by atoms with Crippen LogP contribution in [0.1, 0.15) is 22.3 Å². The summed E-state index contributed by atoms with van der Waals surface area (Å²) in [6, 6.07) is 9.55. The van der Waals surface area contributed by atoms with E-state index in [1.807, 2.05) is 44.2 Å². The summed E-state index contributed by atoms with van der Waals surface area (Å²) in [6.45, 7) is 5.70. The summed E-state index contributed by atoms with van der Waals surface area (Å²) in [4.78, 5) is 33.5. The lowest BCUT2D eigenvalue weighted by Crippen LogP contribution is -2.52. The second kappa shape index (κ2) is 7.00. The Balaban J connectivity index is 1.71. The molecule has 1 fully saturated rings. The van der Waals surface area contributed by atoms with Crippen molar-refractivity contribution >= 4 is 34.0 Å². The quantitative estimate of drug-likeness (QED) is 0.925. The number of rotatable bonds is 4. The van der Waals surface area contributed by atoms with Crippen molar-refractivity contribution in [3.8, 4) is 0 Å². The standard InChI is InChI=1S/C17H20N4O2S/c1-3-18-17-19-12(2)15(24-17)16(23)20-9-10-21(14(22)11-20)13-7-5-4-6-8-13/h4-8H,3,9-11H2,1-2H3,(H,18,19). The lowest BCUT2D eigenvalue weighted by molar-refractivity contribution is -0.120. The molecule has 0 unspecified atom stereocenters. The molecule has 0 radical (unpaired) electrons. The molecule has 1 saturated heterocycles. The summed E-state index contributed by atoms with van der Waals surface area (Å²) in [5.41, 5.74) is 1.58. The van der Waals surface area contributed by atoms with E-state index in [0.29, 0.717) is 23.7 Å². The Bertz CT molecular complexity index is 744. The third-order valence-corrected chi connectivity index (χ3v) is 5.00. The maximum atomic E-state index is 12.7. The number of carbonyl (C=O) groups is 2. The van der Waals surface area contributed by atoms with E-state index >= 15 is 0 Å². The van der Waals surface area contributed by atoms with Gasteiger partial charge in [0.15, 0.2) is 5.13 Å². The Hall–Kier alpha value is -2.41. The van der Waals surface area contributed by atoms with Crippen molar-refractivity contribution < 1.29 is 9.59 Å². The predicted octanol–water partition coefficient (Wildman–Crippen LogP) is 2.37. The van der Waals surface area contributed by atoms with Crippen LogP contribution in [0.2, 0.25) is 0 Å². The van der Waals surface area contributed by atoms with Crippen LogP contribution in [0.5, 0.6) is 0 Å². The second-order valence-corrected chi connectivity index (χ2v) is 6.57. The zero-order valence-electron chi connectivity index (χ0n) is 13.8.